The van der Waals surface area contributed by atoms with Gasteiger partial charge in [-0.1, -0.05) is 15.9 Å². The zero-order chi connectivity index (χ0) is 17.6. The van der Waals surface area contributed by atoms with Gasteiger partial charge in [-0.3, -0.25) is 4.79 Å². The SMILES string of the molecule is CC[N+]1(CC(=O)[O-])C(=O)C(C)(C)c2cc(C(=O)C(C)Br)ccc21. The van der Waals surface area contributed by atoms with E-state index in [9.17, 15) is 19.5 Å². The van der Waals surface area contributed by atoms with Crippen LogP contribution in [0.1, 0.15) is 43.6 Å². The molecule has 0 fully saturated rings. The number of ketones is 1. The van der Waals surface area contributed by atoms with E-state index in [1.165, 1.54) is 0 Å². The smallest absolute Gasteiger partial charge is 0.329 e. The van der Waals surface area contributed by atoms with Crippen molar-refractivity contribution >= 4 is 39.3 Å². The molecule has 2 unspecified atom stereocenters. The molecule has 0 aliphatic carbocycles. The molecule has 23 heavy (non-hydrogen) atoms. The van der Waals surface area contributed by atoms with Gasteiger partial charge in [-0.15, -0.1) is 0 Å². The lowest BCUT2D eigenvalue weighted by Gasteiger charge is -2.32. The first kappa shape index (κ1) is 17.8. The summed E-state index contributed by atoms with van der Waals surface area (Å²) in [6, 6.07) is 5.08. The van der Waals surface area contributed by atoms with E-state index < -0.39 is 17.9 Å². The Labute approximate surface area is 144 Å². The Morgan fingerprint density at radius 3 is 2.43 bits per heavy atom. The Kier molecular flexibility index (Phi) is 4.52. The van der Waals surface area contributed by atoms with E-state index in [0.717, 1.165) is 0 Å². The van der Waals surface area contributed by atoms with Gasteiger partial charge in [0.15, 0.2) is 5.78 Å². The largest absolute Gasteiger partial charge is 0.544 e. The Morgan fingerprint density at radius 1 is 1.35 bits per heavy atom. The first-order valence-electron chi connectivity index (χ1n) is 7.53. The van der Waals surface area contributed by atoms with Gasteiger partial charge in [0.1, 0.15) is 17.6 Å². The Balaban J connectivity index is 2.68. The van der Waals surface area contributed by atoms with Crippen LogP contribution in [0, 0.1) is 0 Å². The fourth-order valence-electron chi connectivity index (χ4n) is 3.36. The van der Waals surface area contributed by atoms with Crippen molar-refractivity contribution < 1.29 is 19.5 Å². The van der Waals surface area contributed by atoms with Crippen LogP contribution >= 0.6 is 15.9 Å². The lowest BCUT2D eigenvalue weighted by molar-refractivity contribution is -0.305. The molecule has 2 atom stereocenters. The monoisotopic (exact) mass is 381 g/mol. The summed E-state index contributed by atoms with van der Waals surface area (Å²) in [5.74, 6) is -1.52. The summed E-state index contributed by atoms with van der Waals surface area (Å²) in [6.45, 7) is 7.00. The number of likely N-dealkylation sites (N-methyl/N-ethyl adjacent to an activating group) is 1. The Hall–Kier alpha value is -1.53. The maximum atomic E-state index is 13.0. The van der Waals surface area contributed by atoms with Gasteiger partial charge in [0.25, 0.3) is 0 Å². The Morgan fingerprint density at radius 2 is 1.96 bits per heavy atom. The maximum absolute atomic E-state index is 13.0. The number of Topliss-reactive ketones (excluding diaryl/α,β-unsaturated/α-hetero) is 1. The molecule has 1 heterocycles. The molecule has 0 N–H and O–H groups in total. The predicted octanol–water partition coefficient (Wildman–Crippen LogP) is 1.55. The molecule has 1 aromatic rings. The van der Waals surface area contributed by atoms with Crippen molar-refractivity contribution in [1.29, 1.82) is 0 Å². The van der Waals surface area contributed by atoms with Crippen molar-refractivity contribution in [3.8, 4) is 0 Å². The second-order valence-electron chi connectivity index (χ2n) is 6.46. The highest BCUT2D eigenvalue weighted by Crippen LogP contribution is 2.46. The van der Waals surface area contributed by atoms with Crippen molar-refractivity contribution in [1.82, 2.24) is 4.48 Å². The third kappa shape index (κ3) is 2.64. The zero-order valence-corrected chi connectivity index (χ0v) is 15.3. The number of halogens is 1. The van der Waals surface area contributed by atoms with Gasteiger partial charge in [0.2, 0.25) is 0 Å². The number of carboxylic acid groups (broad SMARTS) is 1. The number of amides is 1. The van der Waals surface area contributed by atoms with Gasteiger partial charge >= 0.3 is 5.91 Å². The standard InChI is InChI=1S/C17H20BrNO4/c1-5-19(9-14(20)21)13-7-6-11(15(22)10(2)18)8-12(13)17(3,4)16(19)23/h6-8,10H,5,9H2,1-4H3. The number of carboxylic acids is 1. The van der Waals surface area contributed by atoms with Crippen LogP contribution in [0.5, 0.6) is 0 Å². The molecule has 1 aliphatic rings. The number of rotatable bonds is 5. The lowest BCUT2D eigenvalue weighted by atomic mass is 9.85. The number of hydrogen-bond acceptors (Lipinski definition) is 4. The van der Waals surface area contributed by atoms with Crippen LogP contribution in [0.25, 0.3) is 0 Å². The van der Waals surface area contributed by atoms with Crippen molar-refractivity contribution in [2.45, 2.75) is 37.9 Å². The quantitative estimate of drug-likeness (QED) is 0.440. The number of nitrogens with zero attached hydrogens (tertiary/aromatic N) is 1. The maximum Gasteiger partial charge on any atom is 0.329 e. The van der Waals surface area contributed by atoms with Crippen molar-refractivity contribution in [3.63, 3.8) is 0 Å². The number of carbonyl (C=O) groups excluding carboxylic acids is 3. The van der Waals surface area contributed by atoms with Crippen molar-refractivity contribution in [3.05, 3.63) is 29.3 Å². The molecule has 1 amide bonds. The zero-order valence-electron chi connectivity index (χ0n) is 13.7. The highest BCUT2D eigenvalue weighted by Gasteiger charge is 2.57. The van der Waals surface area contributed by atoms with Gasteiger partial charge < -0.3 is 9.90 Å². The first-order chi connectivity index (χ1) is 10.6. The lowest BCUT2D eigenvalue weighted by Crippen LogP contribution is -2.59. The number of benzene rings is 1. The molecule has 0 radical (unpaired) electrons. The van der Waals surface area contributed by atoms with Crippen molar-refractivity contribution in [2.75, 3.05) is 13.1 Å². The van der Waals surface area contributed by atoms with Crippen LogP contribution in [0.4, 0.5) is 5.69 Å². The molecular weight excluding hydrogens is 362 g/mol. The summed E-state index contributed by atoms with van der Waals surface area (Å²) in [7, 11) is 0. The van der Waals surface area contributed by atoms with Gasteiger partial charge in [0.05, 0.1) is 17.3 Å². The van der Waals surface area contributed by atoms with Gasteiger partial charge in [-0.05, 0) is 39.8 Å². The minimum Gasteiger partial charge on any atom is -0.544 e. The first-order valence-corrected chi connectivity index (χ1v) is 8.44. The molecule has 5 nitrogen and oxygen atoms in total. The second kappa shape index (κ2) is 5.83. The van der Waals surface area contributed by atoms with Gasteiger partial charge in [-0.25, -0.2) is 9.28 Å². The average Bonchev–Trinajstić information content (AvgIpc) is 2.65. The predicted molar refractivity (Wildman–Crippen MR) is 89.4 cm³/mol. The van der Waals surface area contributed by atoms with Crippen LogP contribution in [0.2, 0.25) is 0 Å². The molecular formula is C17H20BrNO4. The minimum absolute atomic E-state index is 0.0718. The number of alkyl halides is 1. The fourth-order valence-corrected chi connectivity index (χ4v) is 3.62. The summed E-state index contributed by atoms with van der Waals surface area (Å²) in [5, 5.41) is 11.2. The summed E-state index contributed by atoms with van der Waals surface area (Å²) in [5.41, 5.74) is 1.01. The molecule has 1 aromatic carbocycles. The third-order valence-electron chi connectivity index (χ3n) is 4.64. The van der Waals surface area contributed by atoms with E-state index in [0.29, 0.717) is 23.4 Å². The van der Waals surface area contributed by atoms with E-state index in [1.807, 2.05) is 0 Å². The summed E-state index contributed by atoms with van der Waals surface area (Å²) < 4.78 is -0.275. The van der Waals surface area contributed by atoms with E-state index in [-0.39, 0.29) is 21.0 Å². The topological polar surface area (TPSA) is 74.3 Å². The molecule has 0 bridgehead atoms. The number of fused-ring (bicyclic) bond motifs is 1. The normalized spacial score (nSPS) is 23.4. The molecule has 1 aliphatic heterocycles. The summed E-state index contributed by atoms with van der Waals surface area (Å²) >= 11 is 3.26. The number of quaternary nitrogens is 1. The summed E-state index contributed by atoms with van der Waals surface area (Å²) in [4.78, 5) is 36.1. The molecule has 124 valence electrons. The average molecular weight is 382 g/mol. The van der Waals surface area contributed by atoms with E-state index in [2.05, 4.69) is 15.9 Å². The fraction of sp³-hybridized carbons (Fsp3) is 0.471. The second-order valence-corrected chi connectivity index (χ2v) is 7.83. The number of aliphatic carboxylic acids is 1. The highest BCUT2D eigenvalue weighted by molar-refractivity contribution is 9.10. The molecule has 0 saturated carbocycles. The van der Waals surface area contributed by atoms with Crippen LogP contribution in [0.3, 0.4) is 0 Å². The van der Waals surface area contributed by atoms with E-state index in [1.54, 1.807) is 45.9 Å². The van der Waals surface area contributed by atoms with Crippen LogP contribution in [0.15, 0.2) is 18.2 Å². The van der Waals surface area contributed by atoms with Gasteiger partial charge in [0, 0.05) is 17.2 Å². The molecule has 6 heteroatoms. The third-order valence-corrected chi connectivity index (χ3v) is 5.05. The molecule has 0 saturated heterocycles. The Bertz CT molecular complexity index is 696. The van der Waals surface area contributed by atoms with Crippen molar-refractivity contribution in [2.24, 2.45) is 0 Å². The van der Waals surface area contributed by atoms with E-state index in [4.69, 9.17) is 0 Å². The van der Waals surface area contributed by atoms with Gasteiger partial charge in [-0.2, -0.15) is 0 Å². The molecule has 0 aromatic heterocycles. The van der Waals surface area contributed by atoms with Crippen LogP contribution in [-0.2, 0) is 15.0 Å². The minimum atomic E-state index is -1.27. The number of carbonyl (C=O) groups is 3. The van der Waals surface area contributed by atoms with Crippen LogP contribution < -0.4 is 9.59 Å². The van der Waals surface area contributed by atoms with Crippen LogP contribution in [-0.4, -0.2) is 35.6 Å². The molecule has 2 rings (SSSR count). The summed E-state index contributed by atoms with van der Waals surface area (Å²) in [6.07, 6.45) is 0. The number of hydrogen-bond donors (Lipinski definition) is 0. The molecule has 0 spiro atoms. The van der Waals surface area contributed by atoms with E-state index >= 15 is 0 Å². The highest BCUT2D eigenvalue weighted by atomic mass is 79.9.